The molecule has 0 saturated heterocycles. The van der Waals surface area contributed by atoms with Crippen LogP contribution < -0.4 is 22.1 Å². The Hall–Kier alpha value is -6.05. The number of nitrogens with one attached hydrogen (secondary N) is 2. The van der Waals surface area contributed by atoms with E-state index in [2.05, 4.69) is 22.8 Å². The number of nitrogens with two attached hydrogens (primary N) is 2. The quantitative estimate of drug-likeness (QED) is 0.0480. The summed E-state index contributed by atoms with van der Waals surface area (Å²) in [6.45, 7) is 7.66. The van der Waals surface area contributed by atoms with E-state index in [4.69, 9.17) is 20.5 Å². The number of hydrogen-bond acceptors (Lipinski definition) is 11. The Morgan fingerprint density at radius 1 is 0.629 bits per heavy atom. The van der Waals surface area contributed by atoms with Gasteiger partial charge in [-0.05, 0) is 119 Å². The lowest BCUT2D eigenvalue weighted by Gasteiger charge is -2.38. The van der Waals surface area contributed by atoms with E-state index in [0.717, 1.165) is 32.0 Å². The van der Waals surface area contributed by atoms with Gasteiger partial charge >= 0.3 is 8.25 Å². The summed E-state index contributed by atoms with van der Waals surface area (Å²) in [7, 11) is -3.43. The molecule has 14 heteroatoms. The van der Waals surface area contributed by atoms with Gasteiger partial charge in [-0.3, -0.25) is 23.2 Å². The average Bonchev–Trinajstić information content (AvgIpc) is 4.05. The zero-order valence-corrected chi connectivity index (χ0v) is 37.6. The lowest BCUT2D eigenvalue weighted by molar-refractivity contribution is 0.0873. The van der Waals surface area contributed by atoms with E-state index in [9.17, 15) is 24.7 Å². The molecule has 6 N–H and O–H groups in total. The van der Waals surface area contributed by atoms with E-state index in [1.807, 2.05) is 87.0 Å². The summed E-state index contributed by atoms with van der Waals surface area (Å²) in [5.41, 5.74) is 16.5. The first-order valence-electron chi connectivity index (χ1n) is 20.3. The van der Waals surface area contributed by atoms with Gasteiger partial charge in [-0.15, -0.1) is 22.7 Å². The summed E-state index contributed by atoms with van der Waals surface area (Å²) in [6, 6.07) is 37.2. The normalized spacial score (nSPS) is 13.0. The van der Waals surface area contributed by atoms with E-state index in [0.29, 0.717) is 59.6 Å². The van der Waals surface area contributed by atoms with Gasteiger partial charge < -0.3 is 22.1 Å². The van der Waals surface area contributed by atoms with Crippen molar-refractivity contribution in [2.24, 2.45) is 0 Å². The van der Waals surface area contributed by atoms with Crippen LogP contribution in [0.1, 0.15) is 85.2 Å². The van der Waals surface area contributed by atoms with Gasteiger partial charge in [0.1, 0.15) is 0 Å². The van der Waals surface area contributed by atoms with E-state index >= 15 is 0 Å². The molecule has 0 radical (unpaired) electrons. The molecule has 6 rings (SSSR count). The van der Waals surface area contributed by atoms with Crippen molar-refractivity contribution in [3.63, 3.8) is 0 Å². The number of nitrogen functional groups attached to an aromatic ring is 2. The fourth-order valence-electron chi connectivity index (χ4n) is 7.92. The van der Waals surface area contributed by atoms with Gasteiger partial charge in [0, 0.05) is 31.7 Å². The molecule has 0 aliphatic carbocycles. The minimum Gasteiger partial charge on any atom is -0.397 e. The first kappa shape index (κ1) is 45.5. The number of carbonyl (C=O) groups is 2. The van der Waals surface area contributed by atoms with Crippen LogP contribution in [0.15, 0.2) is 120 Å². The third-order valence-electron chi connectivity index (χ3n) is 11.8. The van der Waals surface area contributed by atoms with Crippen LogP contribution in [0, 0.1) is 22.7 Å². The lowest BCUT2D eigenvalue weighted by atomic mass is 9.71. The highest BCUT2D eigenvalue weighted by Gasteiger charge is 2.43. The summed E-state index contributed by atoms with van der Waals surface area (Å²) < 4.78 is 25.7. The maximum absolute atomic E-state index is 13.8. The Labute approximate surface area is 371 Å². The number of benzene rings is 4. The summed E-state index contributed by atoms with van der Waals surface area (Å²) in [4.78, 5) is 28.9. The molecule has 2 amide bonds. The summed E-state index contributed by atoms with van der Waals surface area (Å²) in [6.07, 6.45) is -0.656. The molecule has 2 aromatic heterocycles. The van der Waals surface area contributed by atoms with Crippen molar-refractivity contribution in [2.45, 2.75) is 76.4 Å². The number of amides is 2. The minimum absolute atomic E-state index is 0.353. The molecule has 4 aromatic carbocycles. The largest absolute Gasteiger partial charge is 0.397 e. The second-order valence-corrected chi connectivity index (χ2v) is 17.7. The van der Waals surface area contributed by atoms with Crippen LogP contribution in [-0.2, 0) is 24.4 Å². The Morgan fingerprint density at radius 3 is 1.31 bits per heavy atom. The van der Waals surface area contributed by atoms with Crippen molar-refractivity contribution in [3.05, 3.63) is 142 Å². The second kappa shape index (κ2) is 20.2. The van der Waals surface area contributed by atoms with Crippen LogP contribution >= 0.6 is 30.9 Å². The number of carbonyl (C=O) groups excluding carboxylic acids is 2. The lowest BCUT2D eigenvalue weighted by Crippen LogP contribution is -2.40. The Morgan fingerprint density at radius 2 is 1.00 bits per heavy atom. The first-order valence-corrected chi connectivity index (χ1v) is 23.3. The molecule has 2 atom stereocenters. The van der Waals surface area contributed by atoms with Crippen LogP contribution in [0.4, 0.5) is 22.7 Å². The molecule has 0 aliphatic heterocycles. The van der Waals surface area contributed by atoms with Gasteiger partial charge in [-0.1, -0.05) is 76.2 Å². The van der Waals surface area contributed by atoms with Gasteiger partial charge in [0.15, 0.2) is 12.2 Å². The molecule has 6 aromatic rings. The van der Waals surface area contributed by atoms with Gasteiger partial charge in [0.2, 0.25) is 0 Å². The maximum atomic E-state index is 13.8. The van der Waals surface area contributed by atoms with Crippen LogP contribution in [0.3, 0.4) is 0 Å². The Kier molecular flexibility index (Phi) is 14.8. The Balaban J connectivity index is 1.15. The molecule has 0 fully saturated rings. The van der Waals surface area contributed by atoms with E-state index in [-0.39, 0.29) is 11.8 Å². The highest BCUT2D eigenvalue weighted by Crippen LogP contribution is 2.45. The molecule has 318 valence electrons. The number of rotatable bonds is 18. The third kappa shape index (κ3) is 9.54. The van der Waals surface area contributed by atoms with Crippen LogP contribution in [0.2, 0.25) is 0 Å². The molecular weight excluding hydrogens is 836 g/mol. The summed E-state index contributed by atoms with van der Waals surface area (Å²) >= 11 is 3.18. The van der Waals surface area contributed by atoms with Gasteiger partial charge in [-0.2, -0.15) is 10.5 Å². The van der Waals surface area contributed by atoms with Crippen molar-refractivity contribution < 1.29 is 23.2 Å². The number of nitriles is 2. The minimum atomic E-state index is -3.43. The van der Waals surface area contributed by atoms with Crippen molar-refractivity contribution in [3.8, 4) is 33.0 Å². The van der Waals surface area contributed by atoms with Crippen molar-refractivity contribution >= 4 is 65.5 Å². The van der Waals surface area contributed by atoms with Gasteiger partial charge in [0.25, 0.3) is 11.8 Å². The molecule has 0 bridgehead atoms. The predicted octanol–water partition coefficient (Wildman–Crippen LogP) is 11.8. The first-order chi connectivity index (χ1) is 29.9. The maximum Gasteiger partial charge on any atom is 0.321 e. The van der Waals surface area contributed by atoms with Crippen LogP contribution in [0.5, 0.6) is 0 Å². The monoisotopic (exact) mass is 884 g/mol. The molecule has 62 heavy (non-hydrogen) atoms. The fourth-order valence-corrected chi connectivity index (χ4v) is 10.4. The zero-order valence-electron chi connectivity index (χ0n) is 34.9. The fraction of sp³-hybridized carbons (Fsp3) is 0.250. The highest BCUT2D eigenvalue weighted by molar-refractivity contribution is 7.33. The van der Waals surface area contributed by atoms with Crippen molar-refractivity contribution in [1.82, 2.24) is 0 Å². The summed E-state index contributed by atoms with van der Waals surface area (Å²) in [5, 5.41) is 30.8. The standard InChI is InChI=1S/C48H49N6O5PS2/c1-5-47(6-2,35-19-13-31(14-20-35)45(55)53-39-27-33(17-23-37(39)51)41-11-9-25-61-41)43(29-49)58-60(57)59-44(30-50)48(7-3,8-4)36-21-15-32(16-22-36)46(56)54-40-28-34(18-24-38(40)52)42-12-10-26-62-42/h9-28,43-44,60H,5-8,51-52H2,1-4H3,(H,53,55)(H,54,56). The smallest absolute Gasteiger partial charge is 0.321 e. The molecule has 11 nitrogen and oxygen atoms in total. The number of thiophene rings is 2. The number of anilines is 4. The van der Waals surface area contributed by atoms with E-state index in [1.54, 1.807) is 83.3 Å². The molecule has 2 unspecified atom stereocenters. The van der Waals surface area contributed by atoms with E-state index in [1.165, 1.54) is 0 Å². The van der Waals surface area contributed by atoms with Gasteiger partial charge in [0.05, 0.1) is 34.9 Å². The van der Waals surface area contributed by atoms with Gasteiger partial charge in [-0.25, -0.2) is 0 Å². The molecule has 2 heterocycles. The van der Waals surface area contributed by atoms with Crippen molar-refractivity contribution in [2.75, 3.05) is 22.1 Å². The highest BCUT2D eigenvalue weighted by atomic mass is 32.1. The average molecular weight is 885 g/mol. The zero-order chi connectivity index (χ0) is 44.4. The van der Waals surface area contributed by atoms with E-state index < -0.39 is 31.3 Å². The second-order valence-electron chi connectivity index (χ2n) is 14.9. The SMILES string of the molecule is CCC(CC)(c1ccc(C(=O)Nc2cc(-c3cccs3)ccc2N)cc1)C(C#N)O[PH](=O)OC(C#N)C(CC)(CC)c1ccc(C(=O)Nc2cc(-c3cccs3)ccc2N)cc1. The molecule has 0 saturated carbocycles. The number of nitrogens with zero attached hydrogens (tertiary/aromatic N) is 2. The van der Waals surface area contributed by atoms with Crippen LogP contribution in [0.25, 0.3) is 20.9 Å². The third-order valence-corrected chi connectivity index (χ3v) is 14.5. The number of hydrogen-bond donors (Lipinski definition) is 4. The van der Waals surface area contributed by atoms with Crippen molar-refractivity contribution in [1.29, 1.82) is 10.5 Å². The Bertz CT molecular complexity index is 2420. The molecule has 0 spiro atoms. The molecule has 0 aliphatic rings. The molecular formula is C48H49N6O5PS2. The topological polar surface area (TPSA) is 193 Å². The predicted molar refractivity (Wildman–Crippen MR) is 252 cm³/mol. The van der Waals surface area contributed by atoms with Crippen LogP contribution in [-0.4, -0.2) is 24.0 Å². The summed E-state index contributed by atoms with van der Waals surface area (Å²) in [5.74, 6) is -0.707.